The first-order chi connectivity index (χ1) is 12.5. The standard InChI is InChI=1S/C20H22FN3O2/c1-11-14(12(2)26-24-11)7-9-19(25)22-18-5-3-4-15-16-10-13(21)6-8-17(16)23-20(15)18/h6,8,10,18,23H,3-5,7,9H2,1-2H3,(H,22,25)/t18-/m0/s1. The van der Waals surface area contributed by atoms with Crippen LogP contribution in [0.4, 0.5) is 4.39 Å². The second kappa shape index (κ2) is 6.59. The van der Waals surface area contributed by atoms with Crippen LogP contribution in [-0.2, 0) is 17.6 Å². The Bertz CT molecular complexity index is 954. The number of aryl methyl sites for hydroxylation is 3. The maximum absolute atomic E-state index is 13.6. The predicted octanol–water partition coefficient (Wildman–Crippen LogP) is 4.04. The van der Waals surface area contributed by atoms with Crippen molar-refractivity contribution in [3.63, 3.8) is 0 Å². The summed E-state index contributed by atoms with van der Waals surface area (Å²) in [6, 6.07) is 4.75. The van der Waals surface area contributed by atoms with Gasteiger partial charge in [-0.2, -0.15) is 0 Å². The first-order valence-electron chi connectivity index (χ1n) is 9.04. The Labute approximate surface area is 151 Å². The molecule has 1 atom stereocenters. The van der Waals surface area contributed by atoms with Crippen molar-refractivity contribution >= 4 is 16.8 Å². The van der Waals surface area contributed by atoms with Crippen LogP contribution < -0.4 is 5.32 Å². The number of amides is 1. The van der Waals surface area contributed by atoms with Gasteiger partial charge in [-0.15, -0.1) is 0 Å². The third-order valence-corrected chi connectivity index (χ3v) is 5.29. The van der Waals surface area contributed by atoms with E-state index in [1.807, 2.05) is 13.8 Å². The smallest absolute Gasteiger partial charge is 0.220 e. The average Bonchev–Trinajstić information content (AvgIpc) is 3.14. The van der Waals surface area contributed by atoms with Crippen molar-refractivity contribution in [3.05, 3.63) is 52.3 Å². The highest BCUT2D eigenvalue weighted by Gasteiger charge is 2.25. The van der Waals surface area contributed by atoms with Crippen LogP contribution in [0.15, 0.2) is 22.7 Å². The summed E-state index contributed by atoms with van der Waals surface area (Å²) in [7, 11) is 0. The molecule has 1 amide bonds. The van der Waals surface area contributed by atoms with Gasteiger partial charge >= 0.3 is 0 Å². The average molecular weight is 355 g/mol. The highest BCUT2D eigenvalue weighted by Crippen LogP contribution is 2.35. The molecule has 0 unspecified atom stereocenters. The van der Waals surface area contributed by atoms with E-state index in [0.717, 1.165) is 58.4 Å². The Morgan fingerprint density at radius 3 is 3.04 bits per heavy atom. The zero-order chi connectivity index (χ0) is 18.3. The van der Waals surface area contributed by atoms with Crippen LogP contribution in [0, 0.1) is 19.7 Å². The molecule has 0 spiro atoms. The number of carbonyl (C=O) groups excluding carboxylic acids is 1. The number of halogens is 1. The van der Waals surface area contributed by atoms with Gasteiger partial charge < -0.3 is 14.8 Å². The van der Waals surface area contributed by atoms with E-state index >= 15 is 0 Å². The Hall–Kier alpha value is -2.63. The van der Waals surface area contributed by atoms with Gasteiger partial charge in [0.05, 0.1) is 11.7 Å². The SMILES string of the molecule is Cc1noc(C)c1CCC(=O)N[C@H]1CCCc2c1[nH]c1ccc(F)cc21. The quantitative estimate of drug-likeness (QED) is 0.742. The number of hydrogen-bond acceptors (Lipinski definition) is 3. The van der Waals surface area contributed by atoms with Gasteiger partial charge in [0.25, 0.3) is 0 Å². The molecule has 0 saturated carbocycles. The zero-order valence-electron chi connectivity index (χ0n) is 15.0. The number of nitrogens with one attached hydrogen (secondary N) is 2. The van der Waals surface area contributed by atoms with E-state index in [1.54, 1.807) is 12.1 Å². The van der Waals surface area contributed by atoms with Gasteiger partial charge in [0.1, 0.15) is 11.6 Å². The lowest BCUT2D eigenvalue weighted by Gasteiger charge is -2.24. The molecule has 136 valence electrons. The summed E-state index contributed by atoms with van der Waals surface area (Å²) in [6.45, 7) is 3.75. The number of fused-ring (bicyclic) bond motifs is 3. The van der Waals surface area contributed by atoms with E-state index in [0.29, 0.717) is 12.8 Å². The van der Waals surface area contributed by atoms with Gasteiger partial charge in [-0.25, -0.2) is 4.39 Å². The minimum absolute atomic E-state index is 0.00712. The fraction of sp³-hybridized carbons (Fsp3) is 0.400. The van der Waals surface area contributed by atoms with E-state index in [4.69, 9.17) is 4.52 Å². The summed E-state index contributed by atoms with van der Waals surface area (Å²) in [5, 5.41) is 7.99. The molecule has 2 heterocycles. The number of rotatable bonds is 4. The number of H-pyrrole nitrogens is 1. The number of nitrogens with zero attached hydrogens (tertiary/aromatic N) is 1. The molecule has 0 fully saturated rings. The van der Waals surface area contributed by atoms with Crippen LogP contribution in [0.25, 0.3) is 10.9 Å². The first-order valence-corrected chi connectivity index (χ1v) is 9.04. The van der Waals surface area contributed by atoms with Crippen LogP contribution in [0.3, 0.4) is 0 Å². The molecule has 4 rings (SSSR count). The molecule has 3 aromatic rings. The first kappa shape index (κ1) is 16.8. The zero-order valence-corrected chi connectivity index (χ0v) is 15.0. The van der Waals surface area contributed by atoms with Crippen LogP contribution in [-0.4, -0.2) is 16.0 Å². The number of aromatic nitrogens is 2. The van der Waals surface area contributed by atoms with Crippen LogP contribution in [0.5, 0.6) is 0 Å². The van der Waals surface area contributed by atoms with Gasteiger partial charge in [-0.3, -0.25) is 4.79 Å². The number of benzene rings is 1. The molecule has 0 saturated heterocycles. The van der Waals surface area contributed by atoms with Crippen LogP contribution in [0.1, 0.15) is 53.6 Å². The molecule has 0 radical (unpaired) electrons. The minimum atomic E-state index is -0.232. The lowest BCUT2D eigenvalue weighted by Crippen LogP contribution is -2.31. The van der Waals surface area contributed by atoms with Crippen LogP contribution in [0.2, 0.25) is 0 Å². The Morgan fingerprint density at radius 1 is 1.42 bits per heavy atom. The lowest BCUT2D eigenvalue weighted by molar-refractivity contribution is -0.121. The predicted molar refractivity (Wildman–Crippen MR) is 96.4 cm³/mol. The lowest BCUT2D eigenvalue weighted by atomic mass is 9.91. The summed E-state index contributed by atoms with van der Waals surface area (Å²) in [4.78, 5) is 15.9. The molecule has 1 aliphatic carbocycles. The largest absolute Gasteiger partial charge is 0.361 e. The molecule has 1 aromatic carbocycles. The Kier molecular flexibility index (Phi) is 4.26. The maximum atomic E-state index is 13.6. The molecule has 0 bridgehead atoms. The third-order valence-electron chi connectivity index (χ3n) is 5.29. The summed E-state index contributed by atoms with van der Waals surface area (Å²) >= 11 is 0. The van der Waals surface area contributed by atoms with Crippen LogP contribution >= 0.6 is 0 Å². The van der Waals surface area contributed by atoms with Crippen molar-refractivity contribution < 1.29 is 13.7 Å². The second-order valence-electron chi connectivity index (χ2n) is 7.02. The van der Waals surface area contributed by atoms with Gasteiger partial charge in [0.2, 0.25) is 5.91 Å². The normalized spacial score (nSPS) is 16.7. The second-order valence-corrected chi connectivity index (χ2v) is 7.02. The minimum Gasteiger partial charge on any atom is -0.361 e. The Morgan fingerprint density at radius 2 is 2.27 bits per heavy atom. The fourth-order valence-corrected chi connectivity index (χ4v) is 3.94. The number of aromatic amines is 1. The molecule has 2 aromatic heterocycles. The van der Waals surface area contributed by atoms with E-state index < -0.39 is 0 Å². The number of hydrogen-bond donors (Lipinski definition) is 2. The van der Waals surface area contributed by atoms with E-state index in [9.17, 15) is 9.18 Å². The Balaban J connectivity index is 1.49. The van der Waals surface area contributed by atoms with Crippen molar-refractivity contribution in [2.75, 3.05) is 0 Å². The number of carbonyl (C=O) groups is 1. The van der Waals surface area contributed by atoms with Crippen molar-refractivity contribution in [1.29, 1.82) is 0 Å². The van der Waals surface area contributed by atoms with Gasteiger partial charge in [0.15, 0.2) is 0 Å². The molecule has 2 N–H and O–H groups in total. The van der Waals surface area contributed by atoms with Crippen molar-refractivity contribution in [3.8, 4) is 0 Å². The monoisotopic (exact) mass is 355 g/mol. The molecule has 6 heteroatoms. The van der Waals surface area contributed by atoms with E-state index in [1.165, 1.54) is 6.07 Å². The molecular formula is C20H22FN3O2. The highest BCUT2D eigenvalue weighted by atomic mass is 19.1. The topological polar surface area (TPSA) is 70.9 Å². The molecular weight excluding hydrogens is 333 g/mol. The molecule has 1 aliphatic rings. The van der Waals surface area contributed by atoms with E-state index in [2.05, 4.69) is 15.5 Å². The molecule has 26 heavy (non-hydrogen) atoms. The van der Waals surface area contributed by atoms with Crippen molar-refractivity contribution in [2.45, 2.75) is 52.0 Å². The molecule has 0 aliphatic heterocycles. The van der Waals surface area contributed by atoms with Gasteiger partial charge in [-0.1, -0.05) is 5.16 Å². The fourth-order valence-electron chi connectivity index (χ4n) is 3.94. The van der Waals surface area contributed by atoms with Crippen molar-refractivity contribution in [2.24, 2.45) is 0 Å². The van der Waals surface area contributed by atoms with E-state index in [-0.39, 0.29) is 17.8 Å². The summed E-state index contributed by atoms with van der Waals surface area (Å²) in [6.07, 6.45) is 3.78. The van der Waals surface area contributed by atoms with Gasteiger partial charge in [0, 0.05) is 28.6 Å². The summed E-state index contributed by atoms with van der Waals surface area (Å²) in [5.41, 5.74) is 4.91. The van der Waals surface area contributed by atoms with Crippen molar-refractivity contribution in [1.82, 2.24) is 15.5 Å². The maximum Gasteiger partial charge on any atom is 0.220 e. The highest BCUT2D eigenvalue weighted by molar-refractivity contribution is 5.85. The molecule has 5 nitrogen and oxygen atoms in total. The summed E-state index contributed by atoms with van der Waals surface area (Å²) < 4.78 is 18.7. The summed E-state index contributed by atoms with van der Waals surface area (Å²) in [5.74, 6) is 0.547. The van der Waals surface area contributed by atoms with Gasteiger partial charge in [-0.05, 0) is 63.3 Å². The third kappa shape index (κ3) is 3.00.